The van der Waals surface area contributed by atoms with Crippen molar-refractivity contribution in [3.63, 3.8) is 0 Å². The topological polar surface area (TPSA) is 55.8 Å². The molecule has 134 valence electrons. The molecule has 1 saturated heterocycles. The SMILES string of the molecule is CN1CCN(CCNC(=O)[C@H](O)c2ccc(C(F)(F)F)cc2)CC1. The Hall–Kier alpha value is -1.64. The molecule has 1 amide bonds. The predicted molar refractivity (Wildman–Crippen MR) is 83.4 cm³/mol. The molecular weight excluding hydrogens is 323 g/mol. The average molecular weight is 345 g/mol. The molecule has 8 heteroatoms. The first-order chi connectivity index (χ1) is 11.3. The maximum atomic E-state index is 12.5. The second-order valence-electron chi connectivity index (χ2n) is 5.96. The van der Waals surface area contributed by atoms with Crippen LogP contribution < -0.4 is 5.32 Å². The van der Waals surface area contributed by atoms with Crippen LogP contribution in [0.2, 0.25) is 0 Å². The molecule has 2 rings (SSSR count). The van der Waals surface area contributed by atoms with Crippen LogP contribution in [0, 0.1) is 0 Å². The highest BCUT2D eigenvalue weighted by molar-refractivity contribution is 5.81. The minimum atomic E-state index is -4.44. The van der Waals surface area contributed by atoms with Crippen LogP contribution in [0.4, 0.5) is 13.2 Å². The van der Waals surface area contributed by atoms with Crippen molar-refractivity contribution < 1.29 is 23.1 Å². The van der Waals surface area contributed by atoms with Crippen LogP contribution in [0.15, 0.2) is 24.3 Å². The van der Waals surface area contributed by atoms with Gasteiger partial charge in [0.15, 0.2) is 6.10 Å². The van der Waals surface area contributed by atoms with Gasteiger partial charge in [-0.2, -0.15) is 13.2 Å². The molecule has 24 heavy (non-hydrogen) atoms. The molecule has 0 spiro atoms. The lowest BCUT2D eigenvalue weighted by Gasteiger charge is -2.32. The van der Waals surface area contributed by atoms with E-state index in [1.165, 1.54) is 0 Å². The van der Waals surface area contributed by atoms with Crippen molar-refractivity contribution in [1.29, 1.82) is 0 Å². The third-order valence-corrected chi connectivity index (χ3v) is 4.13. The quantitative estimate of drug-likeness (QED) is 0.839. The number of piperazine rings is 1. The number of carbonyl (C=O) groups is 1. The third kappa shape index (κ3) is 5.19. The van der Waals surface area contributed by atoms with E-state index >= 15 is 0 Å². The summed E-state index contributed by atoms with van der Waals surface area (Å²) in [5.74, 6) is -0.608. The molecule has 1 aromatic rings. The molecule has 1 heterocycles. The van der Waals surface area contributed by atoms with Gasteiger partial charge in [0, 0.05) is 39.3 Å². The fraction of sp³-hybridized carbons (Fsp3) is 0.562. The molecule has 2 N–H and O–H groups in total. The highest BCUT2D eigenvalue weighted by Crippen LogP contribution is 2.29. The summed E-state index contributed by atoms with van der Waals surface area (Å²) in [4.78, 5) is 16.3. The number of hydrogen-bond acceptors (Lipinski definition) is 4. The van der Waals surface area contributed by atoms with E-state index in [0.29, 0.717) is 13.1 Å². The van der Waals surface area contributed by atoms with E-state index in [1.54, 1.807) is 0 Å². The van der Waals surface area contributed by atoms with Gasteiger partial charge in [0.1, 0.15) is 0 Å². The minimum absolute atomic E-state index is 0.139. The first kappa shape index (κ1) is 18.7. The lowest BCUT2D eigenvalue weighted by molar-refractivity contribution is -0.137. The molecule has 0 saturated carbocycles. The summed E-state index contributed by atoms with van der Waals surface area (Å²) in [6, 6.07) is 3.95. The van der Waals surface area contributed by atoms with Gasteiger partial charge in [0.05, 0.1) is 5.56 Å². The summed E-state index contributed by atoms with van der Waals surface area (Å²) in [5.41, 5.74) is -0.672. The summed E-state index contributed by atoms with van der Waals surface area (Å²) in [6.45, 7) is 4.87. The number of alkyl halides is 3. The number of aliphatic hydroxyl groups is 1. The van der Waals surface area contributed by atoms with Gasteiger partial charge in [-0.3, -0.25) is 9.69 Å². The summed E-state index contributed by atoms with van der Waals surface area (Å²) in [6.07, 6.45) is -5.91. The predicted octanol–water partition coefficient (Wildman–Crippen LogP) is 1.10. The number of likely N-dealkylation sites (N-methyl/N-ethyl adjacent to an activating group) is 1. The van der Waals surface area contributed by atoms with Crippen LogP contribution in [-0.2, 0) is 11.0 Å². The van der Waals surface area contributed by atoms with E-state index in [2.05, 4.69) is 22.2 Å². The van der Waals surface area contributed by atoms with E-state index in [4.69, 9.17) is 0 Å². The Morgan fingerprint density at radius 3 is 2.33 bits per heavy atom. The van der Waals surface area contributed by atoms with E-state index in [0.717, 1.165) is 50.4 Å². The second-order valence-corrected chi connectivity index (χ2v) is 5.96. The Labute approximate surface area is 139 Å². The van der Waals surface area contributed by atoms with Crippen molar-refractivity contribution in [3.05, 3.63) is 35.4 Å². The Bertz CT molecular complexity index is 540. The van der Waals surface area contributed by atoms with Crippen LogP contribution in [0.3, 0.4) is 0 Å². The molecule has 0 aromatic heterocycles. The first-order valence-electron chi connectivity index (χ1n) is 7.81. The van der Waals surface area contributed by atoms with Gasteiger partial charge in [-0.25, -0.2) is 0 Å². The standard InChI is InChI=1S/C16H22F3N3O2/c1-21-8-10-22(11-9-21)7-6-20-15(24)14(23)12-2-4-13(5-3-12)16(17,18)19/h2-5,14,23H,6-11H2,1H3,(H,20,24)/t14-/m1/s1. The Kier molecular flexibility index (Phi) is 6.20. The van der Waals surface area contributed by atoms with Crippen molar-refractivity contribution in [2.24, 2.45) is 0 Å². The minimum Gasteiger partial charge on any atom is -0.378 e. The highest BCUT2D eigenvalue weighted by Gasteiger charge is 2.30. The van der Waals surface area contributed by atoms with Gasteiger partial charge in [-0.1, -0.05) is 12.1 Å². The van der Waals surface area contributed by atoms with Crippen molar-refractivity contribution in [1.82, 2.24) is 15.1 Å². The fourth-order valence-corrected chi connectivity index (χ4v) is 2.51. The third-order valence-electron chi connectivity index (χ3n) is 4.13. The van der Waals surface area contributed by atoms with E-state index in [-0.39, 0.29) is 5.56 Å². The summed E-state index contributed by atoms with van der Waals surface area (Å²) >= 11 is 0. The molecule has 0 aliphatic carbocycles. The van der Waals surface area contributed by atoms with Crippen molar-refractivity contribution in [2.75, 3.05) is 46.3 Å². The number of benzene rings is 1. The Morgan fingerprint density at radius 1 is 1.21 bits per heavy atom. The average Bonchev–Trinajstić information content (AvgIpc) is 2.55. The van der Waals surface area contributed by atoms with E-state index in [1.807, 2.05) is 0 Å². The second kappa shape index (κ2) is 7.96. The molecule has 1 aliphatic rings. The summed E-state index contributed by atoms with van der Waals surface area (Å²) in [5, 5.41) is 12.6. The number of hydrogen-bond donors (Lipinski definition) is 2. The van der Waals surface area contributed by atoms with Gasteiger partial charge in [0.2, 0.25) is 0 Å². The zero-order valence-electron chi connectivity index (χ0n) is 13.5. The van der Waals surface area contributed by atoms with Crippen LogP contribution >= 0.6 is 0 Å². The number of carbonyl (C=O) groups excluding carboxylic acids is 1. The maximum Gasteiger partial charge on any atom is 0.416 e. The monoisotopic (exact) mass is 345 g/mol. The van der Waals surface area contributed by atoms with Crippen LogP contribution in [0.1, 0.15) is 17.2 Å². The number of nitrogens with zero attached hydrogens (tertiary/aromatic N) is 2. The molecule has 0 bridgehead atoms. The van der Waals surface area contributed by atoms with Crippen molar-refractivity contribution in [2.45, 2.75) is 12.3 Å². The fourth-order valence-electron chi connectivity index (χ4n) is 2.51. The maximum absolute atomic E-state index is 12.5. The van der Waals surface area contributed by atoms with Crippen LogP contribution in [-0.4, -0.2) is 67.1 Å². The van der Waals surface area contributed by atoms with Crippen molar-refractivity contribution in [3.8, 4) is 0 Å². The highest BCUT2D eigenvalue weighted by atomic mass is 19.4. The molecule has 0 unspecified atom stereocenters. The number of halogens is 3. The van der Waals surface area contributed by atoms with Gasteiger partial charge in [-0.15, -0.1) is 0 Å². The van der Waals surface area contributed by atoms with Gasteiger partial charge < -0.3 is 15.3 Å². The number of amides is 1. The molecular formula is C16H22F3N3O2. The smallest absolute Gasteiger partial charge is 0.378 e. The van der Waals surface area contributed by atoms with E-state index < -0.39 is 23.8 Å². The molecule has 1 fully saturated rings. The van der Waals surface area contributed by atoms with Crippen LogP contribution in [0.5, 0.6) is 0 Å². The Balaban J connectivity index is 1.79. The zero-order chi connectivity index (χ0) is 17.7. The Morgan fingerprint density at radius 2 is 1.79 bits per heavy atom. The largest absolute Gasteiger partial charge is 0.416 e. The number of rotatable bonds is 5. The zero-order valence-corrected chi connectivity index (χ0v) is 13.5. The summed E-state index contributed by atoms with van der Waals surface area (Å²) < 4.78 is 37.5. The lowest BCUT2D eigenvalue weighted by atomic mass is 10.1. The van der Waals surface area contributed by atoms with Gasteiger partial charge in [-0.05, 0) is 24.7 Å². The first-order valence-corrected chi connectivity index (χ1v) is 7.81. The van der Waals surface area contributed by atoms with Crippen molar-refractivity contribution >= 4 is 5.91 Å². The molecule has 1 aliphatic heterocycles. The molecule has 1 aromatic carbocycles. The molecule has 1 atom stereocenters. The van der Waals surface area contributed by atoms with Crippen LogP contribution in [0.25, 0.3) is 0 Å². The van der Waals surface area contributed by atoms with Gasteiger partial charge >= 0.3 is 6.18 Å². The molecule has 5 nitrogen and oxygen atoms in total. The number of nitrogens with one attached hydrogen (secondary N) is 1. The normalized spacial score (nSPS) is 18.4. The number of aliphatic hydroxyl groups excluding tert-OH is 1. The van der Waals surface area contributed by atoms with Gasteiger partial charge in [0.25, 0.3) is 5.91 Å². The van der Waals surface area contributed by atoms with E-state index in [9.17, 15) is 23.1 Å². The summed E-state index contributed by atoms with van der Waals surface area (Å²) in [7, 11) is 2.06. The lowest BCUT2D eigenvalue weighted by Crippen LogP contribution is -2.47. The molecule has 0 radical (unpaired) electrons.